The predicted molar refractivity (Wildman–Crippen MR) is 74.7 cm³/mol. The molecule has 1 atom stereocenters. The van der Waals surface area contributed by atoms with Crippen LogP contribution in [-0.4, -0.2) is 16.4 Å². The van der Waals surface area contributed by atoms with E-state index in [1.165, 1.54) is 19.3 Å². The normalized spacial score (nSPS) is 20.9. The van der Waals surface area contributed by atoms with Crippen LogP contribution in [-0.2, 0) is 4.79 Å². The minimum Gasteiger partial charge on any atom is -0.393 e. The Morgan fingerprint density at radius 2 is 1.82 bits per heavy atom. The van der Waals surface area contributed by atoms with Crippen LogP contribution < -0.4 is 11.1 Å². The topological polar surface area (TPSA) is 55.1 Å². The van der Waals surface area contributed by atoms with Crippen molar-refractivity contribution in [2.24, 2.45) is 17.6 Å². The van der Waals surface area contributed by atoms with Crippen LogP contribution in [0.25, 0.3) is 0 Å². The summed E-state index contributed by atoms with van der Waals surface area (Å²) in [7, 11) is 0. The van der Waals surface area contributed by atoms with Gasteiger partial charge in [0, 0.05) is 5.54 Å². The molecule has 1 amide bonds. The molecule has 1 saturated carbocycles. The number of amides is 1. The summed E-state index contributed by atoms with van der Waals surface area (Å²) in [5, 5.41) is 3.15. The summed E-state index contributed by atoms with van der Waals surface area (Å²) in [4.78, 5) is 12.5. The molecular formula is C13H24N2OS. The van der Waals surface area contributed by atoms with E-state index in [4.69, 9.17) is 18.0 Å². The Morgan fingerprint density at radius 3 is 2.24 bits per heavy atom. The van der Waals surface area contributed by atoms with Crippen LogP contribution in [0.4, 0.5) is 0 Å². The van der Waals surface area contributed by atoms with E-state index >= 15 is 0 Å². The van der Waals surface area contributed by atoms with Crippen molar-refractivity contribution in [2.45, 2.75) is 58.4 Å². The van der Waals surface area contributed by atoms with Gasteiger partial charge in [0.2, 0.25) is 5.91 Å². The lowest BCUT2D eigenvalue weighted by molar-refractivity contribution is -0.126. The highest BCUT2D eigenvalue weighted by Gasteiger charge is 2.33. The minimum atomic E-state index is -0.344. The molecule has 1 rings (SSSR count). The fraction of sp³-hybridized carbons (Fsp3) is 0.846. The molecule has 0 radical (unpaired) electrons. The van der Waals surface area contributed by atoms with E-state index < -0.39 is 0 Å². The zero-order chi connectivity index (χ0) is 13.1. The zero-order valence-corrected chi connectivity index (χ0v) is 11.9. The van der Waals surface area contributed by atoms with E-state index in [0.717, 1.165) is 12.8 Å². The second-order valence-electron chi connectivity index (χ2n) is 5.73. The molecule has 0 saturated heterocycles. The molecule has 0 aromatic heterocycles. The van der Waals surface area contributed by atoms with Crippen molar-refractivity contribution >= 4 is 23.1 Å². The Morgan fingerprint density at radius 1 is 1.29 bits per heavy atom. The lowest BCUT2D eigenvalue weighted by Gasteiger charge is -2.36. The number of thiocarbonyl (C=S) groups is 1. The fourth-order valence-corrected chi connectivity index (χ4v) is 2.97. The van der Waals surface area contributed by atoms with E-state index in [0.29, 0.717) is 4.99 Å². The Bertz CT molecular complexity index is 296. The van der Waals surface area contributed by atoms with Crippen molar-refractivity contribution in [1.29, 1.82) is 0 Å². The molecule has 0 aromatic carbocycles. The lowest BCUT2D eigenvalue weighted by Crippen LogP contribution is -2.52. The van der Waals surface area contributed by atoms with Crippen LogP contribution in [0.5, 0.6) is 0 Å². The quantitative estimate of drug-likeness (QED) is 0.759. The number of hydrogen-bond acceptors (Lipinski definition) is 2. The smallest absolute Gasteiger partial charge is 0.230 e. The van der Waals surface area contributed by atoms with Gasteiger partial charge < -0.3 is 11.1 Å². The summed E-state index contributed by atoms with van der Waals surface area (Å²) in [5.41, 5.74) is 5.60. The van der Waals surface area contributed by atoms with Gasteiger partial charge in [-0.1, -0.05) is 45.3 Å². The first-order valence-electron chi connectivity index (χ1n) is 6.47. The molecule has 3 nitrogen and oxygen atoms in total. The minimum absolute atomic E-state index is 0.00287. The Hall–Kier alpha value is -0.640. The molecule has 0 spiro atoms. The zero-order valence-electron chi connectivity index (χ0n) is 11.1. The largest absolute Gasteiger partial charge is 0.393 e. The first-order valence-corrected chi connectivity index (χ1v) is 6.88. The highest BCUT2D eigenvalue weighted by atomic mass is 32.1. The highest BCUT2D eigenvalue weighted by molar-refractivity contribution is 7.80. The number of rotatable bonds is 4. The van der Waals surface area contributed by atoms with Crippen molar-refractivity contribution in [3.63, 3.8) is 0 Å². The second kappa shape index (κ2) is 5.80. The molecule has 3 N–H and O–H groups in total. The van der Waals surface area contributed by atoms with E-state index in [1.807, 2.05) is 13.8 Å². The van der Waals surface area contributed by atoms with Crippen LogP contribution in [0.3, 0.4) is 0 Å². The molecule has 1 aliphatic rings. The van der Waals surface area contributed by atoms with Gasteiger partial charge >= 0.3 is 0 Å². The van der Waals surface area contributed by atoms with Gasteiger partial charge in [0.25, 0.3) is 0 Å². The van der Waals surface area contributed by atoms with Gasteiger partial charge in [0.1, 0.15) is 0 Å². The molecule has 1 aliphatic carbocycles. The van der Waals surface area contributed by atoms with Gasteiger partial charge in [-0.05, 0) is 25.7 Å². The fourth-order valence-electron chi connectivity index (χ4n) is 2.59. The van der Waals surface area contributed by atoms with Gasteiger partial charge in [0.05, 0.1) is 10.9 Å². The SMILES string of the molecule is CC(C)C(C(=O)NC1(C)CCCCC1)C(N)=S. The average molecular weight is 256 g/mol. The van der Waals surface area contributed by atoms with E-state index in [2.05, 4.69) is 12.2 Å². The maximum atomic E-state index is 12.2. The van der Waals surface area contributed by atoms with Gasteiger partial charge in [0.15, 0.2) is 0 Å². The number of carbonyl (C=O) groups excluding carboxylic acids is 1. The third-order valence-corrected chi connectivity index (χ3v) is 3.89. The Labute approximate surface area is 110 Å². The average Bonchev–Trinajstić information content (AvgIpc) is 2.15. The van der Waals surface area contributed by atoms with Crippen molar-refractivity contribution in [1.82, 2.24) is 5.32 Å². The molecule has 0 bridgehead atoms. The molecular weight excluding hydrogens is 232 g/mol. The molecule has 4 heteroatoms. The molecule has 0 heterocycles. The van der Waals surface area contributed by atoms with Crippen LogP contribution >= 0.6 is 12.2 Å². The van der Waals surface area contributed by atoms with E-state index in [1.54, 1.807) is 0 Å². The summed E-state index contributed by atoms with van der Waals surface area (Å²) in [5.74, 6) is -0.194. The number of nitrogens with one attached hydrogen (secondary N) is 1. The monoisotopic (exact) mass is 256 g/mol. The van der Waals surface area contributed by atoms with E-state index in [9.17, 15) is 4.79 Å². The van der Waals surface area contributed by atoms with Crippen molar-refractivity contribution in [3.05, 3.63) is 0 Å². The highest BCUT2D eigenvalue weighted by Crippen LogP contribution is 2.28. The maximum Gasteiger partial charge on any atom is 0.230 e. The predicted octanol–water partition coefficient (Wildman–Crippen LogP) is 2.38. The first-order chi connectivity index (χ1) is 7.86. The van der Waals surface area contributed by atoms with Gasteiger partial charge in [-0.25, -0.2) is 0 Å². The second-order valence-corrected chi connectivity index (χ2v) is 6.21. The van der Waals surface area contributed by atoms with E-state index in [-0.39, 0.29) is 23.3 Å². The summed E-state index contributed by atoms with van der Waals surface area (Å²) in [6, 6.07) is 0. The van der Waals surface area contributed by atoms with Gasteiger partial charge in [-0.15, -0.1) is 0 Å². The Balaban J connectivity index is 2.66. The third-order valence-electron chi connectivity index (χ3n) is 3.64. The van der Waals surface area contributed by atoms with Crippen LogP contribution in [0, 0.1) is 11.8 Å². The molecule has 0 aromatic rings. The molecule has 0 aliphatic heterocycles. The summed E-state index contributed by atoms with van der Waals surface area (Å²) in [6.07, 6.45) is 5.77. The molecule has 1 fully saturated rings. The van der Waals surface area contributed by atoms with Crippen LogP contribution in [0.15, 0.2) is 0 Å². The molecule has 1 unspecified atom stereocenters. The van der Waals surface area contributed by atoms with Gasteiger partial charge in [-0.3, -0.25) is 4.79 Å². The number of carbonyl (C=O) groups is 1. The summed E-state index contributed by atoms with van der Waals surface area (Å²) in [6.45, 7) is 6.08. The maximum absolute atomic E-state index is 12.2. The van der Waals surface area contributed by atoms with Gasteiger partial charge in [-0.2, -0.15) is 0 Å². The van der Waals surface area contributed by atoms with Crippen molar-refractivity contribution in [3.8, 4) is 0 Å². The van der Waals surface area contributed by atoms with Crippen LogP contribution in [0.2, 0.25) is 0 Å². The standard InChI is InChI=1S/C13H24N2OS/c1-9(2)10(11(14)17)12(16)15-13(3)7-5-4-6-8-13/h9-10H,4-8H2,1-3H3,(H2,14,17)(H,15,16). The third kappa shape index (κ3) is 3.95. The number of nitrogens with two attached hydrogens (primary N) is 1. The Kier molecular flexibility index (Phi) is 4.92. The van der Waals surface area contributed by atoms with Crippen molar-refractivity contribution < 1.29 is 4.79 Å². The lowest BCUT2D eigenvalue weighted by atomic mass is 9.82. The number of hydrogen-bond donors (Lipinski definition) is 2. The summed E-state index contributed by atoms with van der Waals surface area (Å²) < 4.78 is 0. The van der Waals surface area contributed by atoms with Crippen molar-refractivity contribution in [2.75, 3.05) is 0 Å². The van der Waals surface area contributed by atoms with Crippen LogP contribution in [0.1, 0.15) is 52.9 Å². The molecule has 98 valence electrons. The summed E-state index contributed by atoms with van der Waals surface area (Å²) >= 11 is 4.99. The first kappa shape index (κ1) is 14.4. The molecule has 17 heavy (non-hydrogen) atoms.